The van der Waals surface area contributed by atoms with E-state index in [4.69, 9.17) is 6.58 Å². The third-order valence-electron chi connectivity index (χ3n) is 14.4. The number of rotatable bonds is 10. The minimum absolute atomic E-state index is 0.0902. The van der Waals surface area contributed by atoms with Gasteiger partial charge in [0.05, 0.1) is 0 Å². The zero-order valence-electron chi connectivity index (χ0n) is 30.0. The van der Waals surface area contributed by atoms with Gasteiger partial charge in [-0.2, -0.15) is 0 Å². The van der Waals surface area contributed by atoms with Crippen molar-refractivity contribution in [1.82, 2.24) is 0 Å². The molecule has 4 aliphatic carbocycles. The third kappa shape index (κ3) is 6.03. The van der Waals surface area contributed by atoms with Crippen LogP contribution in [0.3, 0.4) is 0 Å². The normalized spacial score (nSPS) is 28.5. The summed E-state index contributed by atoms with van der Waals surface area (Å²) < 4.78 is 0. The summed E-state index contributed by atoms with van der Waals surface area (Å²) >= 11 is 0. The highest BCUT2D eigenvalue weighted by Crippen LogP contribution is 2.67. The van der Waals surface area contributed by atoms with Gasteiger partial charge in [0.25, 0.3) is 0 Å². The first-order chi connectivity index (χ1) is 24.1. The predicted molar refractivity (Wildman–Crippen MR) is 211 cm³/mol. The van der Waals surface area contributed by atoms with Gasteiger partial charge in [0.1, 0.15) is 8.07 Å². The van der Waals surface area contributed by atoms with E-state index < -0.39 is 8.07 Å². The first-order valence-electron chi connectivity index (χ1n) is 20.0. The standard InChI is InChI=1S/C48H58Si/c1-36(35-49(2,41-23-11-5-12-24-41)42-25-13-6-14-26-42)33-37-31-32-40(34-37)48(38-19-7-3-8-20-38,39-21-9-4-10-22-39)47-45-29-17-15-27-43(45)44-28-16-18-30-46(44)47/h3-14,19-26,37,40,43-47H,1,15-18,27-35H2,2H3. The molecule has 4 aliphatic rings. The van der Waals surface area contributed by atoms with E-state index in [0.717, 1.165) is 41.6 Å². The van der Waals surface area contributed by atoms with Gasteiger partial charge in [-0.3, -0.25) is 0 Å². The molecule has 254 valence electrons. The Hall–Kier alpha value is -3.16. The van der Waals surface area contributed by atoms with E-state index in [1.807, 2.05) is 0 Å². The Labute approximate surface area is 298 Å². The summed E-state index contributed by atoms with van der Waals surface area (Å²) in [4.78, 5) is 0. The fourth-order valence-electron chi connectivity index (χ4n) is 12.7. The number of allylic oxidation sites excluding steroid dienone is 1. The van der Waals surface area contributed by atoms with E-state index in [1.54, 1.807) is 11.1 Å². The third-order valence-corrected chi connectivity index (χ3v) is 18.9. The molecule has 0 heterocycles. The van der Waals surface area contributed by atoms with Gasteiger partial charge < -0.3 is 0 Å². The fourth-order valence-corrected chi connectivity index (χ4v) is 16.4. The molecule has 0 aliphatic heterocycles. The summed E-state index contributed by atoms with van der Waals surface area (Å²) in [6, 6.07) is 48.0. The summed E-state index contributed by atoms with van der Waals surface area (Å²) in [6.07, 6.45) is 16.9. The average molecular weight is 663 g/mol. The van der Waals surface area contributed by atoms with Gasteiger partial charge in [0.15, 0.2) is 0 Å². The topological polar surface area (TPSA) is 0 Å². The van der Waals surface area contributed by atoms with Gasteiger partial charge in [-0.25, -0.2) is 0 Å². The van der Waals surface area contributed by atoms with Crippen molar-refractivity contribution in [3.63, 3.8) is 0 Å². The van der Waals surface area contributed by atoms with Crippen molar-refractivity contribution in [3.8, 4) is 0 Å². The summed E-state index contributed by atoms with van der Waals surface area (Å²) in [5.74, 6) is 5.80. The molecule has 0 nitrogen and oxygen atoms in total. The first kappa shape index (κ1) is 33.0. The minimum atomic E-state index is -1.96. The molecule has 4 aromatic rings. The molecule has 4 aromatic carbocycles. The van der Waals surface area contributed by atoms with Crippen molar-refractivity contribution >= 4 is 18.4 Å². The van der Waals surface area contributed by atoms with Crippen molar-refractivity contribution in [2.24, 2.45) is 41.4 Å². The van der Waals surface area contributed by atoms with E-state index in [1.165, 1.54) is 93.0 Å². The van der Waals surface area contributed by atoms with Crippen LogP contribution in [0.15, 0.2) is 133 Å². The molecule has 0 amide bonds. The maximum absolute atomic E-state index is 4.88. The lowest BCUT2D eigenvalue weighted by Gasteiger charge is -2.51. The van der Waals surface area contributed by atoms with Crippen LogP contribution in [-0.2, 0) is 5.41 Å². The summed E-state index contributed by atoms with van der Waals surface area (Å²) in [5.41, 5.74) is 4.82. The van der Waals surface area contributed by atoms with Crippen LogP contribution in [0.1, 0.15) is 88.2 Å². The molecule has 0 bridgehead atoms. The van der Waals surface area contributed by atoms with Crippen LogP contribution in [0.2, 0.25) is 12.6 Å². The van der Waals surface area contributed by atoms with Gasteiger partial charge >= 0.3 is 0 Å². The molecule has 6 atom stereocenters. The Kier molecular flexibility index (Phi) is 9.58. The molecular weight excluding hydrogens is 605 g/mol. The molecule has 1 heteroatoms. The molecule has 0 aromatic heterocycles. The van der Waals surface area contributed by atoms with Gasteiger partial charge in [-0.15, -0.1) is 6.58 Å². The summed E-state index contributed by atoms with van der Waals surface area (Å²) in [6.45, 7) is 7.46. The lowest BCUT2D eigenvalue weighted by molar-refractivity contribution is 0.0948. The second-order valence-electron chi connectivity index (χ2n) is 16.9. The lowest BCUT2D eigenvalue weighted by atomic mass is 9.52. The van der Waals surface area contributed by atoms with Crippen molar-refractivity contribution in [1.29, 1.82) is 0 Å². The highest BCUT2D eigenvalue weighted by atomic mass is 28.3. The monoisotopic (exact) mass is 662 g/mol. The molecule has 4 fully saturated rings. The van der Waals surface area contributed by atoms with Gasteiger partial charge in [-0.1, -0.05) is 170 Å². The molecule has 0 radical (unpaired) electrons. The Morgan fingerprint density at radius 3 is 1.47 bits per heavy atom. The molecule has 0 spiro atoms. The van der Waals surface area contributed by atoms with E-state index in [9.17, 15) is 0 Å². The largest absolute Gasteiger partial charge is 0.119 e. The quantitative estimate of drug-likeness (QED) is 0.117. The second kappa shape index (κ2) is 14.2. The van der Waals surface area contributed by atoms with Crippen LogP contribution in [0.5, 0.6) is 0 Å². The van der Waals surface area contributed by atoms with Crippen LogP contribution in [0.25, 0.3) is 0 Å². The summed E-state index contributed by atoms with van der Waals surface area (Å²) in [7, 11) is -1.96. The first-order valence-corrected chi connectivity index (χ1v) is 22.7. The zero-order valence-corrected chi connectivity index (χ0v) is 31.0. The molecule has 6 unspecified atom stereocenters. The second-order valence-corrected chi connectivity index (χ2v) is 21.1. The number of hydrogen-bond donors (Lipinski definition) is 0. The van der Waals surface area contributed by atoms with Gasteiger partial charge in [0, 0.05) is 5.41 Å². The van der Waals surface area contributed by atoms with Crippen LogP contribution in [-0.4, -0.2) is 8.07 Å². The molecule has 0 saturated heterocycles. The molecule has 8 rings (SSSR count). The molecular formula is C48H58Si. The van der Waals surface area contributed by atoms with E-state index in [0.29, 0.717) is 5.92 Å². The van der Waals surface area contributed by atoms with Crippen LogP contribution in [0.4, 0.5) is 0 Å². The number of benzene rings is 4. The Balaban J connectivity index is 1.14. The Bertz CT molecular complexity index is 1560. The lowest BCUT2D eigenvalue weighted by Crippen LogP contribution is -2.55. The van der Waals surface area contributed by atoms with Crippen molar-refractivity contribution in [3.05, 3.63) is 145 Å². The fraction of sp³-hybridized carbons (Fsp3) is 0.458. The smallest absolute Gasteiger partial charge is 0.100 e. The van der Waals surface area contributed by atoms with Crippen molar-refractivity contribution in [2.75, 3.05) is 0 Å². The highest BCUT2D eigenvalue weighted by molar-refractivity contribution is 7.01. The number of fused-ring (bicyclic) bond motifs is 3. The summed E-state index contributed by atoms with van der Waals surface area (Å²) in [5, 5.41) is 3.06. The van der Waals surface area contributed by atoms with E-state index in [2.05, 4.69) is 128 Å². The zero-order chi connectivity index (χ0) is 33.3. The Morgan fingerprint density at radius 1 is 0.571 bits per heavy atom. The van der Waals surface area contributed by atoms with Crippen molar-refractivity contribution in [2.45, 2.75) is 95.1 Å². The minimum Gasteiger partial charge on any atom is -0.100 e. The number of hydrogen-bond acceptors (Lipinski definition) is 0. The maximum Gasteiger partial charge on any atom is 0.119 e. The van der Waals surface area contributed by atoms with Crippen LogP contribution in [0, 0.1) is 41.4 Å². The van der Waals surface area contributed by atoms with Crippen molar-refractivity contribution < 1.29 is 0 Å². The van der Waals surface area contributed by atoms with Crippen LogP contribution < -0.4 is 10.4 Å². The molecule has 0 N–H and O–H groups in total. The van der Waals surface area contributed by atoms with E-state index in [-0.39, 0.29) is 5.41 Å². The highest BCUT2D eigenvalue weighted by Gasteiger charge is 2.61. The average Bonchev–Trinajstić information content (AvgIpc) is 3.77. The molecule has 4 saturated carbocycles. The van der Waals surface area contributed by atoms with Gasteiger partial charge in [0.2, 0.25) is 0 Å². The Morgan fingerprint density at radius 2 is 1.00 bits per heavy atom. The SMILES string of the molecule is C=C(CC1CCC(C(c2ccccc2)(c2ccccc2)C2C3CCCCC3C3CCCCC32)C1)C[Si](C)(c1ccccc1)c1ccccc1. The van der Waals surface area contributed by atoms with E-state index >= 15 is 0 Å². The van der Waals surface area contributed by atoms with Gasteiger partial charge in [-0.05, 0) is 110 Å². The molecule has 49 heavy (non-hydrogen) atoms. The van der Waals surface area contributed by atoms with Crippen LogP contribution >= 0.6 is 0 Å². The predicted octanol–water partition coefficient (Wildman–Crippen LogP) is 11.5. The maximum atomic E-state index is 4.88.